The van der Waals surface area contributed by atoms with Crippen LogP contribution in [0.3, 0.4) is 0 Å². The first-order valence-corrected chi connectivity index (χ1v) is 6.86. The van der Waals surface area contributed by atoms with Crippen molar-refractivity contribution >= 4 is 15.9 Å². The smallest absolute Gasteiger partial charge is 0.153 e. The first-order valence-electron chi connectivity index (χ1n) is 6.06. The zero-order valence-electron chi connectivity index (χ0n) is 11.8. The third-order valence-electron chi connectivity index (χ3n) is 3.14. The summed E-state index contributed by atoms with van der Waals surface area (Å²) in [6, 6.07) is 5.58. The van der Waals surface area contributed by atoms with E-state index < -0.39 is 0 Å². The summed E-state index contributed by atoms with van der Waals surface area (Å²) in [5.74, 6) is 1.55. The molecule has 108 valence electrons. The molecule has 1 atom stereocenters. The van der Waals surface area contributed by atoms with Gasteiger partial charge in [0.05, 0.1) is 26.0 Å². The Morgan fingerprint density at radius 1 is 1.30 bits per heavy atom. The number of methoxy groups -OCH3 is 2. The van der Waals surface area contributed by atoms with Crippen molar-refractivity contribution in [3.63, 3.8) is 0 Å². The lowest BCUT2D eigenvalue weighted by molar-refractivity contribution is 0.394. The van der Waals surface area contributed by atoms with Crippen molar-refractivity contribution < 1.29 is 9.47 Å². The minimum absolute atomic E-state index is 0.116. The van der Waals surface area contributed by atoms with Gasteiger partial charge in [-0.1, -0.05) is 5.21 Å². The van der Waals surface area contributed by atoms with E-state index in [9.17, 15) is 0 Å². The average molecular weight is 341 g/mol. The highest BCUT2D eigenvalue weighted by molar-refractivity contribution is 9.10. The van der Waals surface area contributed by atoms with Crippen molar-refractivity contribution in [1.82, 2.24) is 20.3 Å². The van der Waals surface area contributed by atoms with E-state index in [1.807, 2.05) is 32.3 Å². The van der Waals surface area contributed by atoms with Gasteiger partial charge in [0, 0.05) is 12.6 Å². The Kier molecular flexibility index (Phi) is 4.61. The van der Waals surface area contributed by atoms with Gasteiger partial charge in [0.15, 0.2) is 4.60 Å². The van der Waals surface area contributed by atoms with E-state index >= 15 is 0 Å². The van der Waals surface area contributed by atoms with Crippen LogP contribution in [0.2, 0.25) is 0 Å². The molecular weight excluding hydrogens is 324 g/mol. The molecule has 0 spiro atoms. The minimum atomic E-state index is -0.116. The van der Waals surface area contributed by atoms with Crippen LogP contribution in [-0.2, 0) is 7.05 Å². The van der Waals surface area contributed by atoms with Crippen LogP contribution < -0.4 is 14.8 Å². The number of nitrogens with zero attached hydrogens (tertiary/aromatic N) is 3. The quantitative estimate of drug-likeness (QED) is 0.900. The molecule has 7 heteroatoms. The Hall–Kier alpha value is -1.60. The van der Waals surface area contributed by atoms with Gasteiger partial charge in [-0.2, -0.15) is 0 Å². The van der Waals surface area contributed by atoms with Crippen molar-refractivity contribution in [1.29, 1.82) is 0 Å². The van der Waals surface area contributed by atoms with E-state index in [-0.39, 0.29) is 6.04 Å². The van der Waals surface area contributed by atoms with Crippen molar-refractivity contribution in [2.75, 3.05) is 21.3 Å². The molecule has 2 aromatic rings. The molecule has 2 rings (SSSR count). The Morgan fingerprint density at radius 2 is 2.05 bits per heavy atom. The molecule has 20 heavy (non-hydrogen) atoms. The zero-order valence-corrected chi connectivity index (χ0v) is 13.4. The summed E-state index contributed by atoms with van der Waals surface area (Å²) < 4.78 is 13.2. The predicted molar refractivity (Wildman–Crippen MR) is 79.2 cm³/mol. The lowest BCUT2D eigenvalue weighted by Gasteiger charge is -2.20. The summed E-state index contributed by atoms with van der Waals surface area (Å²) >= 11 is 3.43. The van der Waals surface area contributed by atoms with Gasteiger partial charge in [0.2, 0.25) is 0 Å². The molecule has 0 amide bonds. The second-order valence-electron chi connectivity index (χ2n) is 4.22. The van der Waals surface area contributed by atoms with Crippen LogP contribution in [0.5, 0.6) is 11.5 Å². The first kappa shape index (κ1) is 14.8. The number of hydrogen-bond donors (Lipinski definition) is 1. The molecule has 1 aromatic heterocycles. The highest BCUT2D eigenvalue weighted by Gasteiger charge is 2.24. The van der Waals surface area contributed by atoms with E-state index in [0.717, 1.165) is 22.8 Å². The first-order chi connectivity index (χ1) is 9.62. The molecule has 0 aliphatic carbocycles. The van der Waals surface area contributed by atoms with E-state index in [0.29, 0.717) is 4.60 Å². The number of hydrogen-bond acceptors (Lipinski definition) is 5. The number of benzene rings is 1. The number of ether oxygens (including phenoxy) is 2. The molecule has 0 aliphatic heterocycles. The van der Waals surface area contributed by atoms with Gasteiger partial charge in [-0.3, -0.25) is 0 Å². The largest absolute Gasteiger partial charge is 0.497 e. The normalized spacial score (nSPS) is 12.2. The number of rotatable bonds is 5. The van der Waals surface area contributed by atoms with Gasteiger partial charge in [-0.05, 0) is 41.2 Å². The fraction of sp³-hybridized carbons (Fsp3) is 0.385. The summed E-state index contributed by atoms with van der Waals surface area (Å²) in [5, 5.41) is 11.3. The van der Waals surface area contributed by atoms with Crippen LogP contribution in [0, 0.1) is 0 Å². The fourth-order valence-electron chi connectivity index (χ4n) is 2.15. The van der Waals surface area contributed by atoms with Crippen LogP contribution >= 0.6 is 15.9 Å². The van der Waals surface area contributed by atoms with Crippen molar-refractivity contribution in [3.05, 3.63) is 34.1 Å². The monoisotopic (exact) mass is 340 g/mol. The maximum Gasteiger partial charge on any atom is 0.153 e. The van der Waals surface area contributed by atoms with Gasteiger partial charge in [-0.25, -0.2) is 4.68 Å². The zero-order chi connectivity index (χ0) is 14.7. The Labute approximate surface area is 126 Å². The van der Waals surface area contributed by atoms with E-state index in [2.05, 4.69) is 31.6 Å². The molecule has 1 unspecified atom stereocenters. The molecule has 0 bridgehead atoms. The molecule has 0 radical (unpaired) electrons. The molecule has 0 saturated carbocycles. The molecular formula is C13H17BrN4O2. The van der Waals surface area contributed by atoms with Crippen LogP contribution in [0.1, 0.15) is 17.3 Å². The summed E-state index contributed by atoms with van der Waals surface area (Å²) in [7, 11) is 7.02. The van der Waals surface area contributed by atoms with Crippen LogP contribution in [-0.4, -0.2) is 36.3 Å². The lowest BCUT2D eigenvalue weighted by Crippen LogP contribution is -2.21. The third-order valence-corrected chi connectivity index (χ3v) is 3.70. The number of nitrogens with one attached hydrogen (secondary N) is 1. The molecule has 0 saturated heterocycles. The summed E-state index contributed by atoms with van der Waals surface area (Å²) in [6.07, 6.45) is 0. The maximum absolute atomic E-state index is 5.44. The molecule has 0 fully saturated rings. The number of aromatic nitrogens is 3. The van der Waals surface area contributed by atoms with Gasteiger partial charge >= 0.3 is 0 Å². The topological polar surface area (TPSA) is 61.2 Å². The van der Waals surface area contributed by atoms with Gasteiger partial charge in [0.25, 0.3) is 0 Å². The summed E-state index contributed by atoms with van der Waals surface area (Å²) in [5.41, 5.74) is 1.87. The van der Waals surface area contributed by atoms with Crippen molar-refractivity contribution in [2.45, 2.75) is 6.04 Å². The maximum atomic E-state index is 5.44. The Bertz CT molecular complexity index is 581. The average Bonchev–Trinajstić information content (AvgIpc) is 2.80. The highest BCUT2D eigenvalue weighted by atomic mass is 79.9. The van der Waals surface area contributed by atoms with E-state index in [1.165, 1.54) is 0 Å². The SMILES string of the molecule is CNC(c1cc(OC)ccc1OC)c1c(Br)nnn1C. The number of halogens is 1. The minimum Gasteiger partial charge on any atom is -0.497 e. The van der Waals surface area contributed by atoms with Crippen LogP contribution in [0.25, 0.3) is 0 Å². The summed E-state index contributed by atoms with van der Waals surface area (Å²) in [6.45, 7) is 0. The van der Waals surface area contributed by atoms with Gasteiger partial charge in [0.1, 0.15) is 11.5 Å². The van der Waals surface area contributed by atoms with Crippen LogP contribution in [0.4, 0.5) is 0 Å². The van der Waals surface area contributed by atoms with Gasteiger partial charge in [-0.15, -0.1) is 5.10 Å². The predicted octanol–water partition coefficient (Wildman–Crippen LogP) is 1.90. The second kappa shape index (κ2) is 6.23. The molecule has 0 aliphatic rings. The standard InChI is InChI=1S/C13H17BrN4O2/c1-15-11(12-13(14)16-17-18(12)2)9-7-8(19-3)5-6-10(9)20-4/h5-7,11,15H,1-4H3. The molecule has 6 nitrogen and oxygen atoms in total. The number of aryl methyl sites for hydroxylation is 1. The van der Waals surface area contributed by atoms with E-state index in [4.69, 9.17) is 9.47 Å². The summed E-state index contributed by atoms with van der Waals surface area (Å²) in [4.78, 5) is 0. The molecule has 1 aromatic carbocycles. The Balaban J connectivity index is 2.56. The second-order valence-corrected chi connectivity index (χ2v) is 4.97. The fourth-order valence-corrected chi connectivity index (χ4v) is 2.71. The van der Waals surface area contributed by atoms with Gasteiger partial charge < -0.3 is 14.8 Å². The lowest BCUT2D eigenvalue weighted by atomic mass is 10.0. The highest BCUT2D eigenvalue weighted by Crippen LogP contribution is 2.34. The van der Waals surface area contributed by atoms with E-state index in [1.54, 1.807) is 18.9 Å². The Morgan fingerprint density at radius 3 is 2.55 bits per heavy atom. The van der Waals surface area contributed by atoms with Crippen molar-refractivity contribution in [3.8, 4) is 11.5 Å². The molecule has 1 N–H and O–H groups in total. The molecule has 1 heterocycles. The third kappa shape index (κ3) is 2.64. The van der Waals surface area contributed by atoms with Crippen LogP contribution in [0.15, 0.2) is 22.8 Å². The van der Waals surface area contributed by atoms with Crippen molar-refractivity contribution in [2.24, 2.45) is 7.05 Å².